The monoisotopic (exact) mass is 462 g/mol. The van der Waals surface area contributed by atoms with Gasteiger partial charge in [-0.25, -0.2) is 0 Å². The zero-order chi connectivity index (χ0) is 22.9. The topological polar surface area (TPSA) is 27.7 Å². The van der Waals surface area contributed by atoms with Crippen molar-refractivity contribution < 1.29 is 17.7 Å². The van der Waals surface area contributed by atoms with Gasteiger partial charge in [-0.3, -0.25) is 4.39 Å². The lowest BCUT2D eigenvalue weighted by molar-refractivity contribution is 0.0955. The molecular formula is C26H55FO3Si. The molecule has 5 heteroatoms. The summed E-state index contributed by atoms with van der Waals surface area (Å²) in [7, 11) is 1.01. The highest BCUT2D eigenvalue weighted by molar-refractivity contribution is 6.60. The summed E-state index contributed by atoms with van der Waals surface area (Å²) in [5, 5.41) is 0. The molecule has 0 aliphatic heterocycles. The molecule has 0 amide bonds. The molecule has 0 aliphatic carbocycles. The van der Waals surface area contributed by atoms with Crippen molar-refractivity contribution in [2.24, 2.45) is 0 Å². The summed E-state index contributed by atoms with van der Waals surface area (Å²) >= 11 is 0. The summed E-state index contributed by atoms with van der Waals surface area (Å²) in [5.74, 6) is 0. The fraction of sp³-hybridized carbons (Fsp3) is 1.00. The van der Waals surface area contributed by atoms with Crippen LogP contribution < -0.4 is 0 Å². The van der Waals surface area contributed by atoms with Crippen LogP contribution in [0.1, 0.15) is 135 Å². The van der Waals surface area contributed by atoms with Crippen LogP contribution in [-0.4, -0.2) is 36.3 Å². The molecule has 0 spiro atoms. The van der Waals surface area contributed by atoms with E-state index >= 15 is 0 Å². The standard InChI is InChI=1S/C26H55FO3Si/c1-4-5-6-7-8-9-10-11-13-16-19-22-25-30-31(28-2,29-3)26-23-20-17-14-12-15-18-21-24-27/h4-26H2,1-3H3. The summed E-state index contributed by atoms with van der Waals surface area (Å²) in [6, 6.07) is 0.917. The Kier molecular flexibility index (Phi) is 24.7. The lowest BCUT2D eigenvalue weighted by Crippen LogP contribution is -2.44. The van der Waals surface area contributed by atoms with Gasteiger partial charge in [0.25, 0.3) is 0 Å². The van der Waals surface area contributed by atoms with Gasteiger partial charge in [-0.2, -0.15) is 0 Å². The van der Waals surface area contributed by atoms with Crippen molar-refractivity contribution >= 4 is 8.80 Å². The maximum absolute atomic E-state index is 12.1. The summed E-state index contributed by atoms with van der Waals surface area (Å²) in [6.45, 7) is 2.88. The van der Waals surface area contributed by atoms with E-state index in [4.69, 9.17) is 13.3 Å². The van der Waals surface area contributed by atoms with Crippen molar-refractivity contribution in [2.45, 2.75) is 141 Å². The van der Waals surface area contributed by atoms with Gasteiger partial charge in [0.1, 0.15) is 0 Å². The molecule has 0 bridgehead atoms. The lowest BCUT2D eigenvalue weighted by Gasteiger charge is -2.26. The van der Waals surface area contributed by atoms with Gasteiger partial charge in [-0.15, -0.1) is 0 Å². The molecule has 0 saturated heterocycles. The van der Waals surface area contributed by atoms with Crippen LogP contribution in [0.3, 0.4) is 0 Å². The minimum absolute atomic E-state index is 0.167. The van der Waals surface area contributed by atoms with Gasteiger partial charge in [0.15, 0.2) is 0 Å². The lowest BCUT2D eigenvalue weighted by atomic mass is 10.1. The molecule has 0 aliphatic rings. The summed E-state index contributed by atoms with van der Waals surface area (Å²) in [4.78, 5) is 0. The van der Waals surface area contributed by atoms with Crippen LogP contribution in [0.15, 0.2) is 0 Å². The van der Waals surface area contributed by atoms with Gasteiger partial charge < -0.3 is 13.3 Å². The quantitative estimate of drug-likeness (QED) is 0.0947. The van der Waals surface area contributed by atoms with E-state index in [1.807, 2.05) is 0 Å². The summed E-state index contributed by atoms with van der Waals surface area (Å²) < 4.78 is 29.7. The first kappa shape index (κ1) is 31.0. The minimum Gasteiger partial charge on any atom is -0.377 e. The molecule has 0 heterocycles. The molecule has 0 aromatic heterocycles. The predicted octanol–water partition coefficient (Wildman–Crippen LogP) is 9.03. The van der Waals surface area contributed by atoms with Crippen LogP contribution in [0.25, 0.3) is 0 Å². The number of unbranched alkanes of at least 4 members (excludes halogenated alkanes) is 18. The molecule has 0 radical (unpaired) electrons. The van der Waals surface area contributed by atoms with Crippen molar-refractivity contribution in [3.8, 4) is 0 Å². The van der Waals surface area contributed by atoms with Crippen molar-refractivity contribution in [2.75, 3.05) is 27.5 Å². The average Bonchev–Trinajstić information content (AvgIpc) is 2.79. The van der Waals surface area contributed by atoms with Crippen molar-refractivity contribution in [1.82, 2.24) is 0 Å². The minimum atomic E-state index is -2.47. The van der Waals surface area contributed by atoms with E-state index in [9.17, 15) is 4.39 Å². The largest absolute Gasteiger partial charge is 0.500 e. The normalized spacial score (nSPS) is 12.0. The third-order valence-electron chi connectivity index (χ3n) is 6.31. The number of hydrogen-bond donors (Lipinski definition) is 0. The van der Waals surface area contributed by atoms with Gasteiger partial charge >= 0.3 is 8.80 Å². The average molecular weight is 463 g/mol. The zero-order valence-electron chi connectivity index (χ0n) is 21.4. The third kappa shape index (κ3) is 20.4. The molecule has 0 N–H and O–H groups in total. The van der Waals surface area contributed by atoms with Crippen molar-refractivity contribution in [3.63, 3.8) is 0 Å². The molecule has 0 aromatic carbocycles. The van der Waals surface area contributed by atoms with E-state index in [-0.39, 0.29) is 6.67 Å². The molecule has 0 aromatic rings. The fourth-order valence-corrected chi connectivity index (χ4v) is 6.24. The molecule has 0 rings (SSSR count). The Bertz CT molecular complexity index is 341. The Labute approximate surface area is 195 Å². The molecule has 3 nitrogen and oxygen atoms in total. The van der Waals surface area contributed by atoms with E-state index in [1.165, 1.54) is 103 Å². The highest BCUT2D eigenvalue weighted by atomic mass is 28.4. The van der Waals surface area contributed by atoms with Crippen LogP contribution >= 0.6 is 0 Å². The Balaban J connectivity index is 3.59. The van der Waals surface area contributed by atoms with E-state index in [1.54, 1.807) is 14.2 Å². The van der Waals surface area contributed by atoms with E-state index < -0.39 is 8.80 Å². The molecule has 31 heavy (non-hydrogen) atoms. The maximum atomic E-state index is 12.1. The van der Waals surface area contributed by atoms with Crippen LogP contribution in [0.4, 0.5) is 4.39 Å². The summed E-state index contributed by atoms with van der Waals surface area (Å²) in [5.41, 5.74) is 0. The van der Waals surface area contributed by atoms with Gasteiger partial charge in [-0.1, -0.05) is 116 Å². The number of hydrogen-bond acceptors (Lipinski definition) is 3. The highest BCUT2D eigenvalue weighted by Gasteiger charge is 2.37. The second-order valence-electron chi connectivity index (χ2n) is 9.10. The molecule has 188 valence electrons. The fourth-order valence-electron chi connectivity index (χ4n) is 4.14. The number of rotatable bonds is 26. The van der Waals surface area contributed by atoms with Crippen molar-refractivity contribution in [3.05, 3.63) is 0 Å². The van der Waals surface area contributed by atoms with Crippen LogP contribution in [0.2, 0.25) is 6.04 Å². The van der Waals surface area contributed by atoms with Gasteiger partial charge in [0, 0.05) is 26.9 Å². The van der Waals surface area contributed by atoms with Crippen LogP contribution in [-0.2, 0) is 13.3 Å². The second-order valence-corrected chi connectivity index (χ2v) is 12.1. The van der Waals surface area contributed by atoms with Gasteiger partial charge in [0.2, 0.25) is 0 Å². The second kappa shape index (κ2) is 24.7. The number of halogens is 1. The Morgan fingerprint density at radius 2 is 0.903 bits per heavy atom. The molecule has 0 atom stereocenters. The Morgan fingerprint density at radius 1 is 0.516 bits per heavy atom. The van der Waals surface area contributed by atoms with E-state index in [0.717, 1.165) is 38.3 Å². The van der Waals surface area contributed by atoms with Gasteiger partial charge in [0.05, 0.1) is 6.67 Å². The molecule has 0 fully saturated rings. The predicted molar refractivity (Wildman–Crippen MR) is 135 cm³/mol. The van der Waals surface area contributed by atoms with E-state index in [0.29, 0.717) is 0 Å². The van der Waals surface area contributed by atoms with Crippen LogP contribution in [0, 0.1) is 0 Å². The first-order chi connectivity index (χ1) is 15.2. The molecular weight excluding hydrogens is 407 g/mol. The number of alkyl halides is 1. The molecule has 0 unspecified atom stereocenters. The first-order valence-electron chi connectivity index (χ1n) is 13.5. The van der Waals surface area contributed by atoms with Crippen LogP contribution in [0.5, 0.6) is 0 Å². The maximum Gasteiger partial charge on any atom is 0.500 e. The first-order valence-corrected chi connectivity index (χ1v) is 15.5. The van der Waals surface area contributed by atoms with E-state index in [2.05, 4.69) is 6.92 Å². The third-order valence-corrected chi connectivity index (χ3v) is 9.16. The highest BCUT2D eigenvalue weighted by Crippen LogP contribution is 2.20. The molecule has 0 saturated carbocycles. The smallest absolute Gasteiger partial charge is 0.377 e. The Morgan fingerprint density at radius 3 is 1.32 bits per heavy atom. The van der Waals surface area contributed by atoms with Gasteiger partial charge in [-0.05, 0) is 19.3 Å². The van der Waals surface area contributed by atoms with Crippen molar-refractivity contribution in [1.29, 1.82) is 0 Å². The SMILES string of the molecule is CCCCCCCCCCCCCCO[Si](CCCCCCCCCCF)(OC)OC. The summed E-state index contributed by atoms with van der Waals surface area (Å²) in [6.07, 6.45) is 25.2. The Hall–Kier alpha value is 0.0269. The zero-order valence-corrected chi connectivity index (χ0v) is 22.4.